The molecule has 4 aromatic rings. The molecule has 198 valence electrons. The molecule has 1 amide bonds. The van der Waals surface area contributed by atoms with Crippen molar-refractivity contribution in [2.75, 3.05) is 11.4 Å². The van der Waals surface area contributed by atoms with Crippen LogP contribution < -0.4 is 4.90 Å². The first-order valence-corrected chi connectivity index (χ1v) is 14.1. The Bertz CT molecular complexity index is 1710. The lowest BCUT2D eigenvalue weighted by atomic mass is 9.99. The predicted molar refractivity (Wildman–Crippen MR) is 146 cm³/mol. The van der Waals surface area contributed by atoms with Gasteiger partial charge in [0.05, 0.1) is 16.1 Å². The third-order valence-electron chi connectivity index (χ3n) is 8.15. The van der Waals surface area contributed by atoms with E-state index in [1.807, 2.05) is 23.1 Å². The Labute approximate surface area is 232 Å². The Morgan fingerprint density at radius 2 is 1.79 bits per heavy atom. The summed E-state index contributed by atoms with van der Waals surface area (Å²) in [6.07, 6.45) is 3.81. The van der Waals surface area contributed by atoms with Gasteiger partial charge in [-0.3, -0.25) is 4.79 Å². The third kappa shape index (κ3) is 3.87. The molecule has 2 saturated carbocycles. The van der Waals surface area contributed by atoms with E-state index in [0.29, 0.717) is 16.8 Å². The van der Waals surface area contributed by atoms with Crippen LogP contribution in [0.4, 0.5) is 14.5 Å². The molecule has 0 radical (unpaired) electrons. The second-order valence-electron chi connectivity index (χ2n) is 10.6. The number of nitrogens with zero attached hydrogens (tertiary/aromatic N) is 2. The summed E-state index contributed by atoms with van der Waals surface area (Å²) in [4.78, 5) is 28.0. The van der Waals surface area contributed by atoms with Gasteiger partial charge in [0, 0.05) is 44.4 Å². The van der Waals surface area contributed by atoms with Crippen molar-refractivity contribution in [3.05, 3.63) is 88.1 Å². The quantitative estimate of drug-likeness (QED) is 0.265. The average molecular weight is 565 g/mol. The van der Waals surface area contributed by atoms with Crippen LogP contribution in [0.15, 0.2) is 64.4 Å². The van der Waals surface area contributed by atoms with E-state index in [-0.39, 0.29) is 39.2 Å². The largest absolute Gasteiger partial charge is 0.478 e. The summed E-state index contributed by atoms with van der Waals surface area (Å²) >= 11 is 7.29. The third-order valence-corrected chi connectivity index (χ3v) is 9.61. The van der Waals surface area contributed by atoms with Crippen molar-refractivity contribution in [1.29, 1.82) is 0 Å². The Kier molecular flexibility index (Phi) is 5.58. The molecule has 1 spiro atoms. The Morgan fingerprint density at radius 1 is 1.03 bits per heavy atom. The summed E-state index contributed by atoms with van der Waals surface area (Å²) in [7, 11) is 0. The van der Waals surface area contributed by atoms with Gasteiger partial charge >= 0.3 is 5.97 Å². The maximum Gasteiger partial charge on any atom is 0.338 e. The topological polar surface area (TPSA) is 62.5 Å². The number of carbonyl (C=O) groups excluding carboxylic acids is 1. The molecule has 0 bridgehead atoms. The van der Waals surface area contributed by atoms with Crippen molar-refractivity contribution < 1.29 is 23.5 Å². The summed E-state index contributed by atoms with van der Waals surface area (Å²) in [5.74, 6) is -2.89. The van der Waals surface area contributed by atoms with Gasteiger partial charge in [-0.2, -0.15) is 0 Å². The van der Waals surface area contributed by atoms with E-state index in [9.17, 15) is 14.7 Å². The van der Waals surface area contributed by atoms with Crippen molar-refractivity contribution >= 4 is 51.8 Å². The molecule has 7 rings (SSSR count). The number of rotatable bonds is 6. The molecule has 0 atom stereocenters. The Balaban J connectivity index is 1.35. The first-order valence-electron chi connectivity index (χ1n) is 12.9. The highest BCUT2D eigenvalue weighted by atomic mass is 35.5. The molecule has 9 heteroatoms. The van der Waals surface area contributed by atoms with Crippen molar-refractivity contribution in [2.24, 2.45) is 0 Å². The van der Waals surface area contributed by atoms with Gasteiger partial charge in [-0.25, -0.2) is 13.6 Å². The number of aromatic nitrogens is 1. The predicted octanol–water partition coefficient (Wildman–Crippen LogP) is 7.38. The number of aromatic carboxylic acids is 1. The highest BCUT2D eigenvalue weighted by molar-refractivity contribution is 7.99. The van der Waals surface area contributed by atoms with Crippen LogP contribution in [0.25, 0.3) is 10.9 Å². The number of anilines is 1. The van der Waals surface area contributed by atoms with E-state index < -0.39 is 23.2 Å². The summed E-state index contributed by atoms with van der Waals surface area (Å²) in [6, 6.07) is 15.3. The van der Waals surface area contributed by atoms with Gasteiger partial charge in [-0.05, 0) is 61.6 Å². The number of fused-ring (bicyclic) bond motifs is 3. The van der Waals surface area contributed by atoms with Crippen LogP contribution in [0.2, 0.25) is 5.02 Å². The smallest absolute Gasteiger partial charge is 0.338 e. The zero-order valence-electron chi connectivity index (χ0n) is 20.7. The van der Waals surface area contributed by atoms with Crippen LogP contribution in [0.3, 0.4) is 0 Å². The summed E-state index contributed by atoms with van der Waals surface area (Å²) in [6.45, 7) is 0.531. The van der Waals surface area contributed by atoms with Crippen LogP contribution >= 0.6 is 23.4 Å². The molecule has 0 saturated heterocycles. The Morgan fingerprint density at radius 3 is 2.51 bits per heavy atom. The maximum absolute atomic E-state index is 15.7. The van der Waals surface area contributed by atoms with Crippen LogP contribution in [-0.4, -0.2) is 28.1 Å². The molecule has 2 aliphatic carbocycles. The minimum atomic E-state index is -1.36. The zero-order chi connectivity index (χ0) is 27.1. The number of amides is 1. The highest BCUT2D eigenvalue weighted by Crippen LogP contribution is 2.56. The standard InChI is InChI=1S/C30H23ClF2N2O3S/c31-20-11-10-18-27(25(20)33)34(14-23(36)35-15-30(12-13-30)19-5-1-2-6-21(19)35)26(16-8-9-16)28(18)39-22-7-3-4-17(24(22)32)29(37)38/h1-7,10-11,16H,8-9,12-15H2,(H,37,38). The second kappa shape index (κ2) is 8.83. The van der Waals surface area contributed by atoms with E-state index in [2.05, 4.69) is 6.07 Å². The van der Waals surface area contributed by atoms with Gasteiger partial charge in [-0.1, -0.05) is 47.6 Å². The number of halogens is 3. The van der Waals surface area contributed by atoms with Crippen LogP contribution in [-0.2, 0) is 16.8 Å². The molecule has 3 aliphatic rings. The monoisotopic (exact) mass is 564 g/mol. The highest BCUT2D eigenvalue weighted by Gasteiger charge is 2.52. The van der Waals surface area contributed by atoms with Gasteiger partial charge in [0.15, 0.2) is 11.6 Å². The molecular weight excluding hydrogens is 542 g/mol. The molecule has 2 heterocycles. The fourth-order valence-corrected chi connectivity index (χ4v) is 7.29. The number of hydrogen-bond donors (Lipinski definition) is 1. The maximum atomic E-state index is 15.7. The lowest BCUT2D eigenvalue weighted by molar-refractivity contribution is -0.119. The van der Waals surface area contributed by atoms with Crippen molar-refractivity contribution in [3.63, 3.8) is 0 Å². The van der Waals surface area contributed by atoms with Crippen molar-refractivity contribution in [2.45, 2.75) is 53.4 Å². The van der Waals surface area contributed by atoms with Gasteiger partial charge in [-0.15, -0.1) is 0 Å². The van der Waals surface area contributed by atoms with Gasteiger partial charge in [0.2, 0.25) is 5.91 Å². The Hall–Kier alpha value is -3.36. The zero-order valence-corrected chi connectivity index (χ0v) is 22.3. The van der Waals surface area contributed by atoms with E-state index in [0.717, 1.165) is 48.8 Å². The minimum Gasteiger partial charge on any atom is -0.478 e. The van der Waals surface area contributed by atoms with Crippen molar-refractivity contribution in [1.82, 2.24) is 4.57 Å². The number of para-hydroxylation sites is 1. The number of carboxylic acids is 1. The SMILES string of the molecule is O=C(O)c1cccc(Sc2c(C3CC3)n(CC(=O)N3CC4(CC4)c4ccccc43)c3c(F)c(Cl)ccc23)c1F. The number of benzene rings is 3. The average Bonchev–Trinajstić information content (AvgIpc) is 3.84. The molecule has 1 aliphatic heterocycles. The molecule has 39 heavy (non-hydrogen) atoms. The minimum absolute atomic E-state index is 0.0204. The normalized spacial score (nSPS) is 17.2. The molecule has 5 nitrogen and oxygen atoms in total. The van der Waals surface area contributed by atoms with Crippen LogP contribution in [0, 0.1) is 11.6 Å². The van der Waals surface area contributed by atoms with Gasteiger partial charge in [0.25, 0.3) is 0 Å². The van der Waals surface area contributed by atoms with Gasteiger partial charge in [0.1, 0.15) is 6.54 Å². The number of carbonyl (C=O) groups is 2. The van der Waals surface area contributed by atoms with Gasteiger partial charge < -0.3 is 14.6 Å². The fourth-order valence-electron chi connectivity index (χ4n) is 5.92. The molecule has 1 aromatic heterocycles. The number of hydrogen-bond acceptors (Lipinski definition) is 3. The van der Waals surface area contributed by atoms with E-state index in [1.165, 1.54) is 29.8 Å². The molecule has 0 unspecified atom stereocenters. The summed E-state index contributed by atoms with van der Waals surface area (Å²) < 4.78 is 32.6. The van der Waals surface area contributed by atoms with E-state index >= 15 is 8.78 Å². The molecule has 1 N–H and O–H groups in total. The first kappa shape index (κ1) is 24.7. The fraction of sp³-hybridized carbons (Fsp3) is 0.267. The molecular formula is C30H23ClF2N2O3S. The van der Waals surface area contributed by atoms with Crippen LogP contribution in [0.1, 0.15) is 53.2 Å². The first-order chi connectivity index (χ1) is 18.8. The van der Waals surface area contributed by atoms with E-state index in [1.54, 1.807) is 10.6 Å². The summed E-state index contributed by atoms with van der Waals surface area (Å²) in [5, 5.41) is 9.87. The molecule has 3 aromatic carbocycles. The van der Waals surface area contributed by atoms with Crippen molar-refractivity contribution in [3.8, 4) is 0 Å². The second-order valence-corrected chi connectivity index (χ2v) is 12.1. The lowest BCUT2D eigenvalue weighted by Gasteiger charge is -2.20. The van der Waals surface area contributed by atoms with E-state index in [4.69, 9.17) is 11.6 Å². The number of carboxylic acid groups (broad SMARTS) is 1. The van der Waals surface area contributed by atoms with Crippen LogP contribution in [0.5, 0.6) is 0 Å². The molecule has 2 fully saturated rings. The summed E-state index contributed by atoms with van der Waals surface area (Å²) in [5.41, 5.74) is 2.67. The lowest BCUT2D eigenvalue weighted by Crippen LogP contribution is -2.34.